The summed E-state index contributed by atoms with van der Waals surface area (Å²) in [6.45, 7) is 20.9. The smallest absolute Gasteiger partial charge is 0.314 e. The maximum atomic E-state index is 13.5. The van der Waals surface area contributed by atoms with Gasteiger partial charge in [-0.15, -0.1) is 0 Å². The summed E-state index contributed by atoms with van der Waals surface area (Å²) in [6, 6.07) is 27.0. The van der Waals surface area contributed by atoms with Crippen LogP contribution in [0.1, 0.15) is 138 Å². The van der Waals surface area contributed by atoms with E-state index < -0.39 is 22.0 Å². The fourth-order valence-corrected chi connectivity index (χ4v) is 14.5. The van der Waals surface area contributed by atoms with Crippen LogP contribution >= 0.6 is 0 Å². The molecule has 0 saturated carbocycles. The monoisotopic (exact) mass is 825 g/mol. The summed E-state index contributed by atoms with van der Waals surface area (Å²) in [7, 11) is -3.78. The normalized spacial score (nSPS) is 18.8. The Labute approximate surface area is 350 Å². The van der Waals surface area contributed by atoms with Gasteiger partial charge < -0.3 is 27.9 Å². The van der Waals surface area contributed by atoms with Gasteiger partial charge in [-0.2, -0.15) is 0 Å². The molecule has 0 bridgehead atoms. The molecule has 1 heterocycles. The first-order chi connectivity index (χ1) is 27.4. The largest absolute Gasteiger partial charge is 0.460 e. The molecule has 0 N–H and O–H groups in total. The van der Waals surface area contributed by atoms with Gasteiger partial charge in [0.05, 0.1) is 36.4 Å². The Bertz CT molecular complexity index is 1370. The first-order valence-corrected chi connectivity index (χ1v) is 27.8. The fraction of sp³-hybridized carbons (Fsp3) is 0.708. The van der Waals surface area contributed by atoms with Crippen LogP contribution in [-0.4, -0.2) is 59.4 Å². The van der Waals surface area contributed by atoms with Gasteiger partial charge in [0.25, 0.3) is 0 Å². The minimum absolute atomic E-state index is 0.0296. The number of carbonyl (C=O) groups excluding carboxylic acids is 2. The summed E-state index contributed by atoms with van der Waals surface area (Å²) in [5.41, 5.74) is 1.36. The Hall–Kier alpha value is -2.15. The first-order valence-electron chi connectivity index (χ1n) is 22.7. The quantitative estimate of drug-likeness (QED) is 0.0350. The maximum absolute atomic E-state index is 13.5. The summed E-state index contributed by atoms with van der Waals surface area (Å²) in [5.74, 6) is 0.0853. The average Bonchev–Trinajstić information content (AvgIpc) is 3.25. The molecule has 0 radical (unpaired) electrons. The lowest BCUT2D eigenvalue weighted by atomic mass is 9.81. The van der Waals surface area contributed by atoms with E-state index in [0.717, 1.165) is 111 Å². The van der Waals surface area contributed by atoms with Crippen LogP contribution in [0.15, 0.2) is 60.7 Å². The number of benzene rings is 2. The molecule has 1 aliphatic heterocycles. The van der Waals surface area contributed by atoms with Crippen molar-refractivity contribution in [3.8, 4) is 0 Å². The van der Waals surface area contributed by atoms with Gasteiger partial charge in [0.2, 0.25) is 0 Å². The number of esters is 1. The third kappa shape index (κ3) is 15.8. The molecule has 9 heteroatoms. The van der Waals surface area contributed by atoms with Crippen molar-refractivity contribution in [2.75, 3.05) is 0 Å². The second-order valence-corrected chi connectivity index (χ2v) is 26.8. The van der Waals surface area contributed by atoms with E-state index in [0.29, 0.717) is 18.9 Å². The summed E-state index contributed by atoms with van der Waals surface area (Å²) >= 11 is 0. The number of carbonyl (C=O) groups is 2. The zero-order chi connectivity index (χ0) is 41.7. The lowest BCUT2D eigenvalue weighted by molar-refractivity contribution is -0.175. The Kier molecular flexibility index (Phi) is 22.0. The van der Waals surface area contributed by atoms with E-state index >= 15 is 0 Å². The van der Waals surface area contributed by atoms with E-state index in [4.69, 9.17) is 23.1 Å². The highest BCUT2D eigenvalue weighted by Gasteiger charge is 2.43. The van der Waals surface area contributed by atoms with Crippen molar-refractivity contribution < 1.29 is 32.7 Å². The second kappa shape index (κ2) is 25.5. The fourth-order valence-electron chi connectivity index (χ4n) is 8.61. The topological polar surface area (TPSA) is 80.3 Å². The third-order valence-electron chi connectivity index (χ3n) is 13.4. The molecular formula is C48H80O7Si2. The molecule has 2 aromatic carbocycles. The summed E-state index contributed by atoms with van der Waals surface area (Å²) in [5, 5.41) is 0. The molecule has 0 aliphatic carbocycles. The SMILES string of the molecule is CC[Si](CC)(CC)O[C@@H](CCCC=O)CC[C@H](C)[C@@H](C[C@H](C[C@@H]1CCC[C@H](C(C)(C)C(=O)OCc2ccccc2)O1)OCc1ccccc1)O[Si](CC)(CC)CC. The molecular weight excluding hydrogens is 745 g/mol. The highest BCUT2D eigenvalue weighted by Crippen LogP contribution is 2.37. The van der Waals surface area contributed by atoms with Crippen LogP contribution in [0.2, 0.25) is 36.3 Å². The zero-order valence-electron chi connectivity index (χ0n) is 37.4. The van der Waals surface area contributed by atoms with Gasteiger partial charge in [-0.3, -0.25) is 4.79 Å². The molecule has 0 amide bonds. The predicted molar refractivity (Wildman–Crippen MR) is 239 cm³/mol. The average molecular weight is 825 g/mol. The molecule has 57 heavy (non-hydrogen) atoms. The highest BCUT2D eigenvalue weighted by atomic mass is 28.4. The number of unbranched alkanes of at least 4 members (excludes halogenated alkanes) is 1. The van der Waals surface area contributed by atoms with Crippen LogP contribution in [0.3, 0.4) is 0 Å². The van der Waals surface area contributed by atoms with E-state index in [1.165, 1.54) is 0 Å². The Morgan fingerprint density at radius 2 is 1.33 bits per heavy atom. The molecule has 1 aliphatic rings. The van der Waals surface area contributed by atoms with Crippen LogP contribution < -0.4 is 0 Å². The molecule has 2 aromatic rings. The molecule has 0 aromatic heterocycles. The van der Waals surface area contributed by atoms with Gasteiger partial charge in [0.15, 0.2) is 16.6 Å². The number of ether oxygens (including phenoxy) is 3. The Balaban J connectivity index is 1.84. The van der Waals surface area contributed by atoms with Gasteiger partial charge >= 0.3 is 5.97 Å². The van der Waals surface area contributed by atoms with Crippen molar-refractivity contribution in [3.05, 3.63) is 71.8 Å². The molecule has 7 nitrogen and oxygen atoms in total. The van der Waals surface area contributed by atoms with Crippen molar-refractivity contribution in [1.29, 1.82) is 0 Å². The molecule has 0 spiro atoms. The molecule has 1 saturated heterocycles. The summed E-state index contributed by atoms with van der Waals surface area (Å²) in [6.07, 6.45) is 9.61. The van der Waals surface area contributed by atoms with E-state index in [2.05, 4.69) is 72.7 Å². The Morgan fingerprint density at radius 3 is 1.89 bits per heavy atom. The number of aldehydes is 1. The highest BCUT2D eigenvalue weighted by molar-refractivity contribution is 6.74. The van der Waals surface area contributed by atoms with Gasteiger partial charge in [0, 0.05) is 12.5 Å². The standard InChI is InChI=1S/C48H80O7Si2/c1-10-56(11-2,12-3)54-42(29-22-23-34-49)33-32-39(7)45(55-57(13-4,14-5)15-6)36-44(51-37-40-25-18-16-19-26-40)35-43-30-24-31-46(53-43)48(8,9)47(50)52-38-41-27-20-17-21-28-41/h16-21,25-28,34,39,42-46H,10-15,22-24,29-33,35-38H2,1-9H3/t39-,42-,43-,44-,45+,46+/m0/s1. The number of rotatable bonds is 29. The van der Waals surface area contributed by atoms with Crippen LogP contribution in [0.5, 0.6) is 0 Å². The van der Waals surface area contributed by atoms with Gasteiger partial charge in [0.1, 0.15) is 12.9 Å². The van der Waals surface area contributed by atoms with E-state index in [-0.39, 0.29) is 43.1 Å². The Morgan fingerprint density at radius 1 is 0.772 bits per heavy atom. The third-order valence-corrected chi connectivity index (χ3v) is 22.7. The summed E-state index contributed by atoms with van der Waals surface area (Å²) in [4.78, 5) is 24.8. The minimum Gasteiger partial charge on any atom is -0.460 e. The summed E-state index contributed by atoms with van der Waals surface area (Å²) < 4.78 is 34.2. The number of hydrogen-bond donors (Lipinski definition) is 0. The number of hydrogen-bond acceptors (Lipinski definition) is 7. The van der Waals surface area contributed by atoms with E-state index in [1.54, 1.807) is 0 Å². The van der Waals surface area contributed by atoms with Crippen LogP contribution in [0.4, 0.5) is 0 Å². The minimum atomic E-state index is -1.97. The zero-order valence-corrected chi connectivity index (χ0v) is 39.4. The molecule has 6 atom stereocenters. The lowest BCUT2D eigenvalue weighted by Gasteiger charge is -2.41. The van der Waals surface area contributed by atoms with E-state index in [1.807, 2.05) is 50.2 Å². The first kappa shape index (κ1) is 49.2. The molecule has 322 valence electrons. The lowest BCUT2D eigenvalue weighted by Crippen LogP contribution is -2.46. The van der Waals surface area contributed by atoms with Crippen molar-refractivity contribution in [2.45, 2.75) is 207 Å². The van der Waals surface area contributed by atoms with Gasteiger partial charge in [-0.25, -0.2) is 0 Å². The van der Waals surface area contributed by atoms with Crippen LogP contribution in [-0.2, 0) is 45.9 Å². The molecule has 0 unspecified atom stereocenters. The maximum Gasteiger partial charge on any atom is 0.314 e. The van der Waals surface area contributed by atoms with Crippen molar-refractivity contribution in [3.63, 3.8) is 0 Å². The molecule has 3 rings (SSSR count). The second-order valence-electron chi connectivity index (χ2n) is 17.4. The van der Waals surface area contributed by atoms with Crippen LogP contribution in [0, 0.1) is 11.3 Å². The van der Waals surface area contributed by atoms with Crippen molar-refractivity contribution in [2.24, 2.45) is 11.3 Å². The van der Waals surface area contributed by atoms with E-state index in [9.17, 15) is 9.59 Å². The van der Waals surface area contributed by atoms with Crippen molar-refractivity contribution in [1.82, 2.24) is 0 Å². The van der Waals surface area contributed by atoms with Gasteiger partial charge in [-0.05, 0) is 125 Å². The molecule has 1 fully saturated rings. The van der Waals surface area contributed by atoms with Gasteiger partial charge in [-0.1, -0.05) is 109 Å². The van der Waals surface area contributed by atoms with Crippen molar-refractivity contribution >= 4 is 28.9 Å². The van der Waals surface area contributed by atoms with Crippen LogP contribution in [0.25, 0.3) is 0 Å². The predicted octanol–water partition coefficient (Wildman–Crippen LogP) is 12.6.